The Morgan fingerprint density at radius 1 is 1.58 bits per heavy atom. The number of thiol groups is 1. The lowest BCUT2D eigenvalue weighted by Crippen LogP contribution is -2.33. The van der Waals surface area contributed by atoms with Gasteiger partial charge >= 0.3 is 0 Å². The van der Waals surface area contributed by atoms with E-state index in [9.17, 15) is 0 Å². The number of rotatable bonds is 3. The van der Waals surface area contributed by atoms with E-state index >= 15 is 0 Å². The molecule has 3 nitrogen and oxygen atoms in total. The summed E-state index contributed by atoms with van der Waals surface area (Å²) in [5.41, 5.74) is 0. The van der Waals surface area contributed by atoms with E-state index in [1.54, 1.807) is 0 Å². The van der Waals surface area contributed by atoms with E-state index in [2.05, 4.69) is 36.1 Å². The van der Waals surface area contributed by atoms with Crippen LogP contribution in [0, 0.1) is 6.92 Å². The van der Waals surface area contributed by atoms with Crippen molar-refractivity contribution >= 4 is 12.6 Å². The lowest BCUT2D eigenvalue weighted by atomic mass is 10.3. The molecule has 1 aromatic heterocycles. The quantitative estimate of drug-likeness (QED) is 0.554. The predicted molar refractivity (Wildman–Crippen MR) is 50.3 cm³/mol. The molecule has 1 rings (SSSR count). The Bertz CT molecular complexity index is 268. The van der Waals surface area contributed by atoms with Crippen LogP contribution in [0.4, 0.5) is 0 Å². The third-order valence-corrected chi connectivity index (χ3v) is 2.41. The van der Waals surface area contributed by atoms with E-state index in [0.29, 0.717) is 0 Å². The van der Waals surface area contributed by atoms with Crippen LogP contribution >= 0.6 is 12.6 Å². The van der Waals surface area contributed by atoms with Crippen molar-refractivity contribution in [1.29, 1.82) is 0 Å². The maximum absolute atomic E-state index is 4.29. The van der Waals surface area contributed by atoms with E-state index < -0.39 is 0 Å². The molecule has 0 atom stereocenters. The van der Waals surface area contributed by atoms with Crippen LogP contribution in [0.5, 0.6) is 0 Å². The van der Waals surface area contributed by atoms with Gasteiger partial charge in [-0.25, -0.2) is 4.57 Å². The van der Waals surface area contributed by atoms with Gasteiger partial charge < -0.3 is 0 Å². The molecule has 0 radical (unpaired) electrons. The highest BCUT2D eigenvalue weighted by molar-refractivity contribution is 7.80. The van der Waals surface area contributed by atoms with Crippen LogP contribution in [0.2, 0.25) is 0 Å². The molecule has 12 heavy (non-hydrogen) atoms. The summed E-state index contributed by atoms with van der Waals surface area (Å²) in [6.07, 6.45) is 2.39. The van der Waals surface area contributed by atoms with Gasteiger partial charge in [-0.15, -0.1) is 4.68 Å². The van der Waals surface area contributed by atoms with Gasteiger partial charge in [-0.05, 0) is 11.5 Å². The summed E-state index contributed by atoms with van der Waals surface area (Å²) >= 11 is 4.29. The third-order valence-electron chi connectivity index (χ3n) is 2.08. The molecule has 0 aromatic carbocycles. The number of unbranched alkanes of at least 4 members (excludes halogenated alkanes) is 1. The molecule has 0 amide bonds. The van der Waals surface area contributed by atoms with E-state index in [-0.39, 0.29) is 0 Å². The number of hydrogen-bond donors (Lipinski definition) is 1. The smallest absolute Gasteiger partial charge is 0.205 e. The van der Waals surface area contributed by atoms with E-state index in [1.165, 1.54) is 12.8 Å². The van der Waals surface area contributed by atoms with Crippen molar-refractivity contribution in [3.63, 3.8) is 0 Å². The molecule has 0 aliphatic carbocycles. The van der Waals surface area contributed by atoms with Crippen LogP contribution in [-0.2, 0) is 13.6 Å². The summed E-state index contributed by atoms with van der Waals surface area (Å²) in [7, 11) is 1.94. The topological polar surface area (TPSA) is 21.7 Å². The van der Waals surface area contributed by atoms with Gasteiger partial charge in [-0.1, -0.05) is 26.0 Å². The molecule has 0 aliphatic heterocycles. The second kappa shape index (κ2) is 3.94. The zero-order chi connectivity index (χ0) is 9.14. The minimum Gasteiger partial charge on any atom is -0.205 e. The molecule has 0 bridgehead atoms. The van der Waals surface area contributed by atoms with Crippen LogP contribution < -0.4 is 4.68 Å². The standard InChI is InChI=1S/C8H15N3S/c1-4-5-6-11-7(2)10(3)9-8(11)12/h4-6H2,1-3H3/p+1. The fraction of sp³-hybridized carbons (Fsp3) is 0.750. The maximum atomic E-state index is 4.29. The zero-order valence-corrected chi connectivity index (χ0v) is 8.80. The Labute approximate surface area is 78.8 Å². The molecular formula is C8H16N3S+. The van der Waals surface area contributed by atoms with Gasteiger partial charge in [0.25, 0.3) is 11.0 Å². The first-order valence-corrected chi connectivity index (χ1v) is 4.74. The second-order valence-corrected chi connectivity index (χ2v) is 3.38. The predicted octanol–water partition coefficient (Wildman–Crippen LogP) is 1.10. The highest BCUT2D eigenvalue weighted by Gasteiger charge is 2.15. The number of hydrogen-bond acceptors (Lipinski definition) is 2. The van der Waals surface area contributed by atoms with Crippen molar-refractivity contribution in [2.24, 2.45) is 7.05 Å². The summed E-state index contributed by atoms with van der Waals surface area (Å²) in [4.78, 5) is 0. The summed E-state index contributed by atoms with van der Waals surface area (Å²) in [5, 5.41) is 5.02. The largest absolute Gasteiger partial charge is 0.292 e. The average molecular weight is 186 g/mol. The minimum absolute atomic E-state index is 0.809. The highest BCUT2D eigenvalue weighted by Crippen LogP contribution is 2.05. The summed E-state index contributed by atoms with van der Waals surface area (Å²) in [5.74, 6) is 1.16. The molecule has 0 fully saturated rings. The van der Waals surface area contributed by atoms with E-state index in [1.807, 2.05) is 11.7 Å². The number of aromatic nitrogens is 3. The van der Waals surface area contributed by atoms with Gasteiger partial charge in [0.2, 0.25) is 0 Å². The Morgan fingerprint density at radius 3 is 2.67 bits per heavy atom. The van der Waals surface area contributed by atoms with Gasteiger partial charge in [-0.2, -0.15) is 0 Å². The molecule has 0 N–H and O–H groups in total. The highest BCUT2D eigenvalue weighted by atomic mass is 32.1. The van der Waals surface area contributed by atoms with Gasteiger partial charge in [0, 0.05) is 6.92 Å². The van der Waals surface area contributed by atoms with Crippen LogP contribution in [0.3, 0.4) is 0 Å². The lowest BCUT2D eigenvalue weighted by Gasteiger charge is -1.95. The average Bonchev–Trinajstić information content (AvgIpc) is 2.25. The third kappa shape index (κ3) is 1.80. The van der Waals surface area contributed by atoms with Gasteiger partial charge in [0.05, 0.1) is 6.54 Å². The second-order valence-electron chi connectivity index (χ2n) is 2.98. The monoisotopic (exact) mass is 186 g/mol. The van der Waals surface area contributed by atoms with Crippen molar-refractivity contribution in [2.45, 2.75) is 38.4 Å². The number of aryl methyl sites for hydroxylation is 1. The first-order valence-electron chi connectivity index (χ1n) is 4.29. The van der Waals surface area contributed by atoms with Crippen LogP contribution in [0.25, 0.3) is 0 Å². The molecule has 68 valence electrons. The minimum atomic E-state index is 0.809. The van der Waals surface area contributed by atoms with Crippen LogP contribution in [0.1, 0.15) is 25.6 Å². The Balaban J connectivity index is 2.82. The molecule has 0 aliphatic rings. The first-order chi connectivity index (χ1) is 5.66. The van der Waals surface area contributed by atoms with Crippen molar-refractivity contribution in [2.75, 3.05) is 0 Å². The lowest BCUT2D eigenvalue weighted by molar-refractivity contribution is -0.736. The van der Waals surface area contributed by atoms with Gasteiger partial charge in [0.1, 0.15) is 7.05 Å². The SMILES string of the molecule is CCCCn1c(S)n[n+](C)c1C. The molecular weight excluding hydrogens is 170 g/mol. The van der Waals surface area contributed by atoms with Crippen molar-refractivity contribution in [1.82, 2.24) is 9.67 Å². The van der Waals surface area contributed by atoms with E-state index in [0.717, 1.165) is 17.5 Å². The molecule has 0 spiro atoms. The van der Waals surface area contributed by atoms with Crippen LogP contribution in [-0.4, -0.2) is 9.67 Å². The summed E-state index contributed by atoms with van der Waals surface area (Å²) in [6.45, 7) is 5.27. The molecule has 0 saturated carbocycles. The fourth-order valence-corrected chi connectivity index (χ4v) is 1.54. The molecule has 4 heteroatoms. The fourth-order valence-electron chi connectivity index (χ4n) is 1.16. The molecule has 0 unspecified atom stereocenters. The molecule has 1 heterocycles. The van der Waals surface area contributed by atoms with Crippen molar-refractivity contribution < 1.29 is 4.68 Å². The number of nitrogens with zero attached hydrogens (tertiary/aromatic N) is 3. The summed E-state index contributed by atoms with van der Waals surface area (Å²) in [6, 6.07) is 0. The van der Waals surface area contributed by atoms with Crippen molar-refractivity contribution in [3.8, 4) is 0 Å². The van der Waals surface area contributed by atoms with Crippen molar-refractivity contribution in [3.05, 3.63) is 5.82 Å². The normalized spacial score (nSPS) is 10.7. The Morgan fingerprint density at radius 2 is 2.25 bits per heavy atom. The summed E-state index contributed by atoms with van der Waals surface area (Å²) < 4.78 is 3.99. The van der Waals surface area contributed by atoms with Crippen LogP contribution in [0.15, 0.2) is 5.16 Å². The first kappa shape index (κ1) is 9.58. The maximum Gasteiger partial charge on any atom is 0.292 e. The zero-order valence-electron chi connectivity index (χ0n) is 7.91. The van der Waals surface area contributed by atoms with Gasteiger partial charge in [0.15, 0.2) is 0 Å². The molecule has 1 aromatic rings. The van der Waals surface area contributed by atoms with Gasteiger partial charge in [-0.3, -0.25) is 0 Å². The van der Waals surface area contributed by atoms with E-state index in [4.69, 9.17) is 0 Å². The molecule has 0 saturated heterocycles. The Hall–Kier alpha value is -0.510. The Kier molecular flexibility index (Phi) is 3.14.